The summed E-state index contributed by atoms with van der Waals surface area (Å²) < 4.78 is 0. The first-order chi connectivity index (χ1) is 16.0. The first-order valence-electron chi connectivity index (χ1n) is 12.2. The summed E-state index contributed by atoms with van der Waals surface area (Å²) in [6.07, 6.45) is 7.32. The molecule has 0 radical (unpaired) electrons. The summed E-state index contributed by atoms with van der Waals surface area (Å²) in [5.41, 5.74) is 6.41. The standard InChI is InChI=1S/C29H33N3O/c1-20-17-26(15-16-30-20)25-7-11-27(12-8-25)31-29(33)21(2)24-9-13-28(14-10-24)32(18-22-3-4-22)19-23-5-6-23/h7-17,21-23H,3-6,18-19H2,1-2H3,(H,31,33). The van der Waals surface area contributed by atoms with E-state index < -0.39 is 0 Å². The van der Waals surface area contributed by atoms with E-state index >= 15 is 0 Å². The molecule has 0 spiro atoms. The summed E-state index contributed by atoms with van der Waals surface area (Å²) in [5, 5.41) is 3.07. The lowest BCUT2D eigenvalue weighted by atomic mass is 9.99. The van der Waals surface area contributed by atoms with Gasteiger partial charge in [0.05, 0.1) is 5.92 Å². The van der Waals surface area contributed by atoms with Gasteiger partial charge in [-0.1, -0.05) is 24.3 Å². The third kappa shape index (κ3) is 5.62. The summed E-state index contributed by atoms with van der Waals surface area (Å²) in [6, 6.07) is 20.7. The Morgan fingerprint density at radius 2 is 1.58 bits per heavy atom. The van der Waals surface area contributed by atoms with E-state index in [1.54, 1.807) is 0 Å². The molecule has 2 aromatic carbocycles. The number of nitrogens with zero attached hydrogens (tertiary/aromatic N) is 2. The highest BCUT2D eigenvalue weighted by Crippen LogP contribution is 2.36. The summed E-state index contributed by atoms with van der Waals surface area (Å²) in [7, 11) is 0. The number of carbonyl (C=O) groups is 1. The largest absolute Gasteiger partial charge is 0.371 e. The molecule has 33 heavy (non-hydrogen) atoms. The zero-order valence-electron chi connectivity index (χ0n) is 19.6. The highest BCUT2D eigenvalue weighted by molar-refractivity contribution is 5.95. The van der Waals surface area contributed by atoms with E-state index in [1.807, 2.05) is 50.4 Å². The molecule has 4 heteroatoms. The van der Waals surface area contributed by atoms with Gasteiger partial charge in [-0.2, -0.15) is 0 Å². The topological polar surface area (TPSA) is 45.2 Å². The number of aromatic nitrogens is 1. The number of pyridine rings is 1. The SMILES string of the molecule is Cc1cc(-c2ccc(NC(=O)C(C)c3ccc(N(CC4CC4)CC4CC4)cc3)cc2)ccn1. The number of benzene rings is 2. The number of amides is 1. The maximum atomic E-state index is 12.9. The lowest BCUT2D eigenvalue weighted by molar-refractivity contribution is -0.117. The van der Waals surface area contributed by atoms with Crippen LogP contribution in [-0.4, -0.2) is 24.0 Å². The van der Waals surface area contributed by atoms with Crippen molar-refractivity contribution < 1.29 is 4.79 Å². The molecule has 2 saturated carbocycles. The van der Waals surface area contributed by atoms with Gasteiger partial charge in [0.2, 0.25) is 5.91 Å². The van der Waals surface area contributed by atoms with Crippen LogP contribution in [0.1, 0.15) is 49.8 Å². The van der Waals surface area contributed by atoms with Gasteiger partial charge in [-0.05, 0) is 104 Å². The molecule has 1 amide bonds. The van der Waals surface area contributed by atoms with Gasteiger partial charge in [0.25, 0.3) is 0 Å². The van der Waals surface area contributed by atoms with E-state index in [-0.39, 0.29) is 11.8 Å². The van der Waals surface area contributed by atoms with Crippen molar-refractivity contribution in [2.75, 3.05) is 23.3 Å². The van der Waals surface area contributed by atoms with Crippen LogP contribution in [0.4, 0.5) is 11.4 Å². The minimum absolute atomic E-state index is 0.0167. The number of hydrogen-bond acceptors (Lipinski definition) is 3. The minimum atomic E-state index is -0.207. The van der Waals surface area contributed by atoms with Crippen molar-refractivity contribution in [1.29, 1.82) is 0 Å². The van der Waals surface area contributed by atoms with Gasteiger partial charge in [0.15, 0.2) is 0 Å². The van der Waals surface area contributed by atoms with Crippen molar-refractivity contribution in [1.82, 2.24) is 4.98 Å². The predicted octanol–water partition coefficient (Wildman–Crippen LogP) is 6.43. The predicted molar refractivity (Wildman–Crippen MR) is 136 cm³/mol. The van der Waals surface area contributed by atoms with Gasteiger partial charge in [-0.25, -0.2) is 0 Å². The molecule has 170 valence electrons. The van der Waals surface area contributed by atoms with Gasteiger partial charge in [-0.3, -0.25) is 9.78 Å². The Kier molecular flexibility index (Phi) is 6.17. The van der Waals surface area contributed by atoms with E-state index in [0.717, 1.165) is 39.9 Å². The summed E-state index contributed by atoms with van der Waals surface area (Å²) >= 11 is 0. The Morgan fingerprint density at radius 3 is 2.15 bits per heavy atom. The number of rotatable bonds is 9. The second-order valence-electron chi connectivity index (χ2n) is 9.86. The molecule has 1 unspecified atom stereocenters. The van der Waals surface area contributed by atoms with Gasteiger partial charge >= 0.3 is 0 Å². The number of aryl methyl sites for hydroxylation is 1. The Bertz CT molecular complexity index is 1080. The van der Waals surface area contributed by atoms with Gasteiger partial charge < -0.3 is 10.2 Å². The third-order valence-corrected chi connectivity index (χ3v) is 6.88. The number of nitrogens with one attached hydrogen (secondary N) is 1. The number of anilines is 2. The first kappa shape index (κ1) is 21.7. The molecular formula is C29H33N3O. The van der Waals surface area contributed by atoms with Crippen LogP contribution in [0.5, 0.6) is 0 Å². The molecule has 2 fully saturated rings. The molecule has 4 nitrogen and oxygen atoms in total. The molecule has 2 aliphatic rings. The van der Waals surface area contributed by atoms with E-state index in [4.69, 9.17) is 0 Å². The van der Waals surface area contributed by atoms with Gasteiger partial charge in [-0.15, -0.1) is 0 Å². The fraction of sp³-hybridized carbons (Fsp3) is 0.379. The number of hydrogen-bond donors (Lipinski definition) is 1. The quantitative estimate of drug-likeness (QED) is 0.418. The second-order valence-corrected chi connectivity index (χ2v) is 9.86. The van der Waals surface area contributed by atoms with Crippen LogP contribution in [0.2, 0.25) is 0 Å². The number of carbonyl (C=O) groups excluding carboxylic acids is 1. The molecule has 1 atom stereocenters. The van der Waals surface area contributed by atoms with E-state index in [0.29, 0.717) is 0 Å². The van der Waals surface area contributed by atoms with Crippen molar-refractivity contribution in [3.8, 4) is 11.1 Å². The van der Waals surface area contributed by atoms with Gasteiger partial charge in [0, 0.05) is 36.4 Å². The second kappa shape index (κ2) is 9.38. The maximum absolute atomic E-state index is 12.9. The molecular weight excluding hydrogens is 406 g/mol. The maximum Gasteiger partial charge on any atom is 0.231 e. The van der Waals surface area contributed by atoms with Crippen LogP contribution in [0.3, 0.4) is 0 Å². The Balaban J connectivity index is 1.21. The zero-order valence-corrected chi connectivity index (χ0v) is 19.6. The molecule has 1 aromatic heterocycles. The molecule has 0 saturated heterocycles. The van der Waals surface area contributed by atoms with Crippen LogP contribution >= 0.6 is 0 Å². The normalized spacial score (nSPS) is 16.3. The monoisotopic (exact) mass is 439 g/mol. The summed E-state index contributed by atoms with van der Waals surface area (Å²) in [5.74, 6) is 1.56. The highest BCUT2D eigenvalue weighted by atomic mass is 16.1. The highest BCUT2D eigenvalue weighted by Gasteiger charge is 2.29. The van der Waals surface area contributed by atoms with Crippen molar-refractivity contribution >= 4 is 17.3 Å². The van der Waals surface area contributed by atoms with Crippen LogP contribution in [0.25, 0.3) is 11.1 Å². The minimum Gasteiger partial charge on any atom is -0.371 e. The first-order valence-corrected chi connectivity index (χ1v) is 12.2. The van der Waals surface area contributed by atoms with Crippen molar-refractivity contribution in [2.45, 2.75) is 45.4 Å². The molecule has 1 heterocycles. The average molecular weight is 440 g/mol. The Labute approximate surface area is 197 Å². The summed E-state index contributed by atoms with van der Waals surface area (Å²) in [4.78, 5) is 19.7. The third-order valence-electron chi connectivity index (χ3n) is 6.88. The summed E-state index contributed by atoms with van der Waals surface area (Å²) in [6.45, 7) is 6.33. The van der Waals surface area contributed by atoms with Crippen LogP contribution in [0.15, 0.2) is 66.9 Å². The van der Waals surface area contributed by atoms with Crippen molar-refractivity contribution in [3.05, 3.63) is 78.1 Å². The van der Waals surface area contributed by atoms with E-state index in [2.05, 4.69) is 45.5 Å². The van der Waals surface area contributed by atoms with Gasteiger partial charge in [0.1, 0.15) is 0 Å². The van der Waals surface area contributed by atoms with Crippen LogP contribution in [-0.2, 0) is 4.79 Å². The van der Waals surface area contributed by atoms with E-state index in [9.17, 15) is 4.79 Å². The average Bonchev–Trinajstić information content (AvgIpc) is 3.76. The molecule has 3 aromatic rings. The molecule has 0 aliphatic heterocycles. The zero-order chi connectivity index (χ0) is 22.8. The van der Waals surface area contributed by atoms with Crippen molar-refractivity contribution in [3.63, 3.8) is 0 Å². The van der Waals surface area contributed by atoms with Crippen LogP contribution in [0, 0.1) is 18.8 Å². The van der Waals surface area contributed by atoms with Crippen molar-refractivity contribution in [2.24, 2.45) is 11.8 Å². The molecule has 2 aliphatic carbocycles. The lowest BCUT2D eigenvalue weighted by Gasteiger charge is -2.25. The fourth-order valence-electron chi connectivity index (χ4n) is 4.36. The van der Waals surface area contributed by atoms with E-state index in [1.165, 1.54) is 44.5 Å². The lowest BCUT2D eigenvalue weighted by Crippen LogP contribution is -2.28. The Hall–Kier alpha value is -3.14. The smallest absolute Gasteiger partial charge is 0.231 e. The molecule has 5 rings (SSSR count). The fourth-order valence-corrected chi connectivity index (χ4v) is 4.36. The molecule has 1 N–H and O–H groups in total. The van der Waals surface area contributed by atoms with Crippen LogP contribution < -0.4 is 10.2 Å². The Morgan fingerprint density at radius 1 is 0.939 bits per heavy atom. The molecule has 0 bridgehead atoms.